The van der Waals surface area contributed by atoms with Crippen molar-refractivity contribution in [2.24, 2.45) is 0 Å². The van der Waals surface area contributed by atoms with Gasteiger partial charge in [-0.2, -0.15) is 0 Å². The summed E-state index contributed by atoms with van der Waals surface area (Å²) in [5.41, 5.74) is 6.49. The average Bonchev–Trinajstić information content (AvgIpc) is 2.90. The van der Waals surface area contributed by atoms with E-state index < -0.39 is 0 Å². The lowest BCUT2D eigenvalue weighted by Crippen LogP contribution is -1.91. The molecule has 0 spiro atoms. The van der Waals surface area contributed by atoms with E-state index in [0.717, 1.165) is 44.9 Å². The highest BCUT2D eigenvalue weighted by atomic mass is 19.1. The Morgan fingerprint density at radius 3 is 1.76 bits per heavy atom. The Hall–Kier alpha value is -4.11. The summed E-state index contributed by atoms with van der Waals surface area (Å²) in [7, 11) is 3.33. The Morgan fingerprint density at radius 2 is 1.18 bits per heavy atom. The SMILES string of the molecule is COc1ccc(/C=C(\C/C=C(\c2ccccc2)c2ccc(F)cc2)c2ccc(OC)cc2)cc1. The number of halogens is 1. The summed E-state index contributed by atoms with van der Waals surface area (Å²) >= 11 is 0. The Morgan fingerprint density at radius 1 is 0.647 bits per heavy atom. The van der Waals surface area contributed by atoms with Crippen LogP contribution in [0, 0.1) is 5.82 Å². The molecule has 0 aliphatic rings. The van der Waals surface area contributed by atoms with E-state index in [9.17, 15) is 4.39 Å². The van der Waals surface area contributed by atoms with Gasteiger partial charge in [-0.25, -0.2) is 4.39 Å². The molecule has 0 atom stereocenters. The first-order valence-corrected chi connectivity index (χ1v) is 11.2. The van der Waals surface area contributed by atoms with Crippen LogP contribution < -0.4 is 9.47 Å². The highest BCUT2D eigenvalue weighted by Crippen LogP contribution is 2.30. The van der Waals surface area contributed by atoms with E-state index >= 15 is 0 Å². The first kappa shape index (κ1) is 23.1. The average molecular weight is 451 g/mol. The highest BCUT2D eigenvalue weighted by molar-refractivity contribution is 5.86. The molecule has 0 saturated carbocycles. The second-order valence-electron chi connectivity index (χ2n) is 7.87. The standard InChI is InChI=1S/C31H27FO2/c1-33-29-17-8-23(9-18-29)22-27(24-12-19-30(34-2)20-13-24)14-21-31(25-6-4-3-5-7-25)26-10-15-28(32)16-11-26/h3-13,15-22H,14H2,1-2H3/b27-22+,31-21+. The predicted molar refractivity (Wildman–Crippen MR) is 138 cm³/mol. The van der Waals surface area contributed by atoms with Gasteiger partial charge in [0, 0.05) is 0 Å². The fourth-order valence-corrected chi connectivity index (χ4v) is 3.83. The van der Waals surface area contributed by atoms with Crippen LogP contribution in [0.1, 0.15) is 28.7 Å². The number of rotatable bonds is 8. The molecule has 0 unspecified atom stereocenters. The van der Waals surface area contributed by atoms with Crippen molar-refractivity contribution < 1.29 is 13.9 Å². The minimum absolute atomic E-state index is 0.241. The van der Waals surface area contributed by atoms with Gasteiger partial charge in [0.25, 0.3) is 0 Å². The number of allylic oxidation sites excluding steroid dienone is 2. The zero-order chi connectivity index (χ0) is 23.8. The lowest BCUT2D eigenvalue weighted by molar-refractivity contribution is 0.414. The predicted octanol–water partition coefficient (Wildman–Crippen LogP) is 7.91. The van der Waals surface area contributed by atoms with Crippen molar-refractivity contribution in [3.63, 3.8) is 0 Å². The summed E-state index contributed by atoms with van der Waals surface area (Å²) in [5.74, 6) is 1.40. The van der Waals surface area contributed by atoms with Gasteiger partial charge in [-0.15, -0.1) is 0 Å². The minimum atomic E-state index is -0.241. The number of benzene rings is 4. The third kappa shape index (κ3) is 5.81. The third-order valence-corrected chi connectivity index (χ3v) is 5.68. The molecule has 0 fully saturated rings. The summed E-state index contributed by atoms with van der Waals surface area (Å²) in [4.78, 5) is 0. The van der Waals surface area contributed by atoms with E-state index in [2.05, 4.69) is 36.4 Å². The minimum Gasteiger partial charge on any atom is -0.497 e. The largest absolute Gasteiger partial charge is 0.497 e. The molecule has 0 aliphatic heterocycles. The molecule has 0 heterocycles. The van der Waals surface area contributed by atoms with Crippen molar-refractivity contribution in [3.8, 4) is 11.5 Å². The van der Waals surface area contributed by atoms with Crippen LogP contribution in [0.25, 0.3) is 17.2 Å². The molecular formula is C31H27FO2. The fraction of sp³-hybridized carbons (Fsp3) is 0.0968. The van der Waals surface area contributed by atoms with E-state index in [1.807, 2.05) is 66.7 Å². The van der Waals surface area contributed by atoms with E-state index in [-0.39, 0.29) is 5.82 Å². The number of methoxy groups -OCH3 is 2. The lowest BCUT2D eigenvalue weighted by Gasteiger charge is -2.12. The zero-order valence-corrected chi connectivity index (χ0v) is 19.4. The second kappa shape index (κ2) is 11.2. The van der Waals surface area contributed by atoms with Crippen LogP contribution in [-0.2, 0) is 0 Å². The molecule has 3 heteroatoms. The summed E-state index contributed by atoms with van der Waals surface area (Å²) < 4.78 is 24.2. The second-order valence-corrected chi connectivity index (χ2v) is 7.87. The summed E-state index contributed by atoms with van der Waals surface area (Å²) in [5, 5.41) is 0. The van der Waals surface area contributed by atoms with Crippen LogP contribution in [0.2, 0.25) is 0 Å². The maximum atomic E-state index is 13.6. The van der Waals surface area contributed by atoms with Crippen LogP contribution in [-0.4, -0.2) is 14.2 Å². The number of ether oxygens (including phenoxy) is 2. The van der Waals surface area contributed by atoms with Gasteiger partial charge in [0.1, 0.15) is 17.3 Å². The van der Waals surface area contributed by atoms with Crippen LogP contribution in [0.3, 0.4) is 0 Å². The Labute approximate surface area is 200 Å². The van der Waals surface area contributed by atoms with Gasteiger partial charge >= 0.3 is 0 Å². The molecule has 4 rings (SSSR count). The maximum absolute atomic E-state index is 13.6. The van der Waals surface area contributed by atoms with Crippen molar-refractivity contribution in [2.45, 2.75) is 6.42 Å². The molecule has 2 nitrogen and oxygen atoms in total. The van der Waals surface area contributed by atoms with Gasteiger partial charge in [0.2, 0.25) is 0 Å². The summed E-state index contributed by atoms with van der Waals surface area (Å²) in [6, 6.07) is 33.0. The topological polar surface area (TPSA) is 18.5 Å². The van der Waals surface area contributed by atoms with Crippen molar-refractivity contribution in [1.82, 2.24) is 0 Å². The Kier molecular flexibility index (Phi) is 7.56. The monoisotopic (exact) mass is 450 g/mol. The fourth-order valence-electron chi connectivity index (χ4n) is 3.83. The highest BCUT2D eigenvalue weighted by Gasteiger charge is 2.08. The van der Waals surface area contributed by atoms with E-state index in [1.54, 1.807) is 14.2 Å². The van der Waals surface area contributed by atoms with Crippen molar-refractivity contribution in [2.75, 3.05) is 14.2 Å². The van der Waals surface area contributed by atoms with Crippen LogP contribution in [0.15, 0.2) is 109 Å². The molecule has 0 saturated heterocycles. The van der Waals surface area contributed by atoms with Gasteiger partial charge in [0.15, 0.2) is 0 Å². The molecule has 0 amide bonds. The Bertz CT molecular complexity index is 1250. The molecule has 170 valence electrons. The maximum Gasteiger partial charge on any atom is 0.123 e. The first-order chi connectivity index (χ1) is 16.7. The van der Waals surface area contributed by atoms with Crippen molar-refractivity contribution >= 4 is 17.2 Å². The Balaban J connectivity index is 1.75. The van der Waals surface area contributed by atoms with Gasteiger partial charge in [-0.05, 0) is 76.2 Å². The van der Waals surface area contributed by atoms with Crippen molar-refractivity contribution in [1.29, 1.82) is 0 Å². The molecule has 0 aromatic heterocycles. The third-order valence-electron chi connectivity index (χ3n) is 5.68. The van der Waals surface area contributed by atoms with Crippen LogP contribution in [0.4, 0.5) is 4.39 Å². The van der Waals surface area contributed by atoms with Gasteiger partial charge < -0.3 is 9.47 Å². The van der Waals surface area contributed by atoms with Gasteiger partial charge in [-0.3, -0.25) is 0 Å². The van der Waals surface area contributed by atoms with Crippen LogP contribution in [0.5, 0.6) is 11.5 Å². The van der Waals surface area contributed by atoms with Gasteiger partial charge in [0.05, 0.1) is 14.2 Å². The molecule has 0 aliphatic carbocycles. The molecular weight excluding hydrogens is 423 g/mol. The van der Waals surface area contributed by atoms with Crippen molar-refractivity contribution in [3.05, 3.63) is 137 Å². The van der Waals surface area contributed by atoms with E-state index in [1.165, 1.54) is 12.1 Å². The molecule has 4 aromatic carbocycles. The number of hydrogen-bond acceptors (Lipinski definition) is 2. The van der Waals surface area contributed by atoms with Gasteiger partial charge in [-0.1, -0.05) is 78.9 Å². The first-order valence-electron chi connectivity index (χ1n) is 11.2. The van der Waals surface area contributed by atoms with E-state index in [0.29, 0.717) is 6.42 Å². The zero-order valence-electron chi connectivity index (χ0n) is 19.4. The molecule has 0 bridgehead atoms. The summed E-state index contributed by atoms with van der Waals surface area (Å²) in [6.45, 7) is 0. The normalized spacial score (nSPS) is 11.9. The van der Waals surface area contributed by atoms with Crippen LogP contribution >= 0.6 is 0 Å². The molecule has 0 N–H and O–H groups in total. The molecule has 4 aromatic rings. The molecule has 34 heavy (non-hydrogen) atoms. The molecule has 0 radical (unpaired) electrons. The lowest BCUT2D eigenvalue weighted by atomic mass is 9.93. The number of hydrogen-bond donors (Lipinski definition) is 0. The van der Waals surface area contributed by atoms with E-state index in [4.69, 9.17) is 9.47 Å². The quantitative estimate of drug-likeness (QED) is 0.254. The smallest absolute Gasteiger partial charge is 0.123 e. The summed E-state index contributed by atoms with van der Waals surface area (Å²) in [6.07, 6.45) is 5.09.